The van der Waals surface area contributed by atoms with Crippen LogP contribution in [0.4, 0.5) is 0 Å². The van der Waals surface area contributed by atoms with Gasteiger partial charge in [-0.1, -0.05) is 34.8 Å². The zero-order chi connectivity index (χ0) is 11.1. The summed E-state index contributed by atoms with van der Waals surface area (Å²) >= 11 is 14.4. The van der Waals surface area contributed by atoms with E-state index in [1.54, 1.807) is 0 Å². The van der Waals surface area contributed by atoms with Gasteiger partial charge in [0.2, 0.25) is 0 Å². The van der Waals surface area contributed by atoms with Crippen LogP contribution in [0.3, 0.4) is 0 Å². The minimum absolute atomic E-state index is 0. The molecule has 4 fully saturated rings. The predicted molar refractivity (Wildman–Crippen MR) is 73.7 cm³/mol. The van der Waals surface area contributed by atoms with Crippen molar-refractivity contribution in [3.05, 3.63) is 0 Å². The van der Waals surface area contributed by atoms with E-state index in [4.69, 9.17) is 40.5 Å². The standard InChI is InChI=1S/C10H17N.CHCl3.ClH/c11-10-4-7-1-8(5-10)3-9(2-7)6-10;2-1(3)4;/h7-9H,1-6,11H2;1H;1H. The van der Waals surface area contributed by atoms with Gasteiger partial charge in [0.05, 0.1) is 0 Å². The predicted octanol–water partition coefficient (Wildman–Crippen LogP) is 4.32. The first-order valence-corrected chi connectivity index (χ1v) is 6.99. The lowest BCUT2D eigenvalue weighted by Crippen LogP contribution is -2.55. The Labute approximate surface area is 119 Å². The van der Waals surface area contributed by atoms with Crippen molar-refractivity contribution >= 4 is 47.2 Å². The third-order valence-corrected chi connectivity index (χ3v) is 4.09. The number of rotatable bonds is 0. The SMILES string of the molecule is Cl.ClC(Cl)Cl.NC12CC3CC(CC(C3)C1)C2. The molecule has 4 bridgehead atoms. The molecule has 4 rings (SSSR count). The molecule has 4 saturated carbocycles. The van der Waals surface area contributed by atoms with Crippen molar-refractivity contribution in [2.24, 2.45) is 23.5 Å². The van der Waals surface area contributed by atoms with Gasteiger partial charge in [0.15, 0.2) is 4.30 Å². The Bertz CT molecular complexity index is 194. The average Bonchev–Trinajstić information content (AvgIpc) is 1.96. The second kappa shape index (κ2) is 5.84. The minimum Gasteiger partial charge on any atom is -0.325 e. The van der Waals surface area contributed by atoms with E-state index in [1.165, 1.54) is 38.5 Å². The van der Waals surface area contributed by atoms with Crippen LogP contribution >= 0.6 is 47.2 Å². The summed E-state index contributed by atoms with van der Waals surface area (Å²) in [5.41, 5.74) is 6.62. The molecule has 0 radical (unpaired) electrons. The fraction of sp³-hybridized carbons (Fsp3) is 1.00. The van der Waals surface area contributed by atoms with Gasteiger partial charge < -0.3 is 5.73 Å². The zero-order valence-corrected chi connectivity index (χ0v) is 12.3. The molecule has 4 aliphatic carbocycles. The summed E-state index contributed by atoms with van der Waals surface area (Å²) in [5.74, 6) is 3.06. The molecule has 96 valence electrons. The third-order valence-electron chi connectivity index (χ3n) is 4.09. The van der Waals surface area contributed by atoms with Gasteiger partial charge in [0, 0.05) is 5.54 Å². The lowest BCUT2D eigenvalue weighted by atomic mass is 9.53. The van der Waals surface area contributed by atoms with Crippen molar-refractivity contribution in [1.29, 1.82) is 0 Å². The first-order chi connectivity index (χ1) is 6.97. The number of hydrogen-bond donors (Lipinski definition) is 1. The van der Waals surface area contributed by atoms with Gasteiger partial charge in [-0.2, -0.15) is 0 Å². The zero-order valence-electron chi connectivity index (χ0n) is 9.17. The number of hydrogen-bond acceptors (Lipinski definition) is 1. The van der Waals surface area contributed by atoms with Crippen LogP contribution in [0, 0.1) is 17.8 Å². The molecule has 0 saturated heterocycles. The molecule has 2 N–H and O–H groups in total. The van der Waals surface area contributed by atoms with Gasteiger partial charge in [0.1, 0.15) is 0 Å². The summed E-state index contributed by atoms with van der Waals surface area (Å²) in [5, 5.41) is 0. The molecular formula is C11H19Cl4N. The highest BCUT2D eigenvalue weighted by Gasteiger charge is 2.48. The minimum atomic E-state index is -0.750. The van der Waals surface area contributed by atoms with Gasteiger partial charge in [-0.3, -0.25) is 0 Å². The molecule has 0 aromatic heterocycles. The van der Waals surface area contributed by atoms with Crippen LogP contribution in [-0.4, -0.2) is 9.83 Å². The number of alkyl halides is 3. The Kier molecular flexibility index (Phi) is 5.54. The smallest absolute Gasteiger partial charge is 0.180 e. The topological polar surface area (TPSA) is 26.0 Å². The van der Waals surface area contributed by atoms with Gasteiger partial charge in [-0.25, -0.2) is 0 Å². The maximum absolute atomic E-state index is 6.32. The van der Waals surface area contributed by atoms with Crippen molar-refractivity contribution in [1.82, 2.24) is 0 Å². The van der Waals surface area contributed by atoms with E-state index in [0.717, 1.165) is 17.8 Å². The first kappa shape index (κ1) is 15.2. The van der Waals surface area contributed by atoms with Crippen LogP contribution in [-0.2, 0) is 0 Å². The van der Waals surface area contributed by atoms with Gasteiger partial charge in [-0.05, 0) is 56.3 Å². The van der Waals surface area contributed by atoms with Gasteiger partial charge in [-0.15, -0.1) is 12.4 Å². The van der Waals surface area contributed by atoms with Crippen molar-refractivity contribution in [3.8, 4) is 0 Å². The van der Waals surface area contributed by atoms with E-state index in [0.29, 0.717) is 5.54 Å². The van der Waals surface area contributed by atoms with E-state index < -0.39 is 4.30 Å². The van der Waals surface area contributed by atoms with Crippen LogP contribution in [0.25, 0.3) is 0 Å². The fourth-order valence-electron chi connectivity index (χ4n) is 4.18. The van der Waals surface area contributed by atoms with E-state index in [9.17, 15) is 0 Å². The Balaban J connectivity index is 0.000000228. The lowest BCUT2D eigenvalue weighted by molar-refractivity contribution is 0.000365. The van der Waals surface area contributed by atoms with E-state index in [1.807, 2.05) is 0 Å². The monoisotopic (exact) mass is 305 g/mol. The largest absolute Gasteiger partial charge is 0.325 e. The first-order valence-electron chi connectivity index (χ1n) is 5.68. The highest BCUT2D eigenvalue weighted by Crippen LogP contribution is 2.54. The maximum atomic E-state index is 6.32. The molecule has 1 nitrogen and oxygen atoms in total. The second-order valence-corrected chi connectivity index (χ2v) is 7.51. The van der Waals surface area contributed by atoms with Crippen LogP contribution in [0.2, 0.25) is 0 Å². The molecule has 0 heterocycles. The van der Waals surface area contributed by atoms with Crippen LogP contribution in [0.15, 0.2) is 0 Å². The van der Waals surface area contributed by atoms with Crippen molar-refractivity contribution in [2.45, 2.75) is 48.4 Å². The van der Waals surface area contributed by atoms with E-state index >= 15 is 0 Å². The van der Waals surface area contributed by atoms with Crippen molar-refractivity contribution < 1.29 is 0 Å². The number of nitrogens with two attached hydrogens (primary N) is 1. The molecule has 16 heavy (non-hydrogen) atoms. The molecule has 5 heteroatoms. The second-order valence-electron chi connectivity index (χ2n) is 5.53. The maximum Gasteiger partial charge on any atom is 0.180 e. The summed E-state index contributed by atoms with van der Waals surface area (Å²) in [7, 11) is 0. The molecule has 0 aliphatic heterocycles. The van der Waals surface area contributed by atoms with Crippen molar-refractivity contribution in [3.63, 3.8) is 0 Å². The molecule has 0 aromatic rings. The van der Waals surface area contributed by atoms with Crippen LogP contribution < -0.4 is 5.73 Å². The molecule has 0 unspecified atom stereocenters. The molecule has 0 amide bonds. The Hall–Kier alpha value is 1.12. The lowest BCUT2D eigenvalue weighted by Gasteiger charge is -2.55. The third kappa shape index (κ3) is 3.81. The summed E-state index contributed by atoms with van der Waals surface area (Å²) < 4.78 is -0.750. The highest BCUT2D eigenvalue weighted by molar-refractivity contribution is 6.63. The number of halogens is 4. The quantitative estimate of drug-likeness (QED) is 0.663. The molecule has 0 aromatic carbocycles. The van der Waals surface area contributed by atoms with Crippen molar-refractivity contribution in [2.75, 3.05) is 0 Å². The molecule has 4 aliphatic rings. The molecule has 0 spiro atoms. The summed E-state index contributed by atoms with van der Waals surface area (Å²) in [4.78, 5) is 0. The van der Waals surface area contributed by atoms with E-state index in [2.05, 4.69) is 0 Å². The van der Waals surface area contributed by atoms with Crippen LogP contribution in [0.1, 0.15) is 38.5 Å². The fourth-order valence-corrected chi connectivity index (χ4v) is 4.18. The molecular weight excluding hydrogens is 288 g/mol. The van der Waals surface area contributed by atoms with Gasteiger partial charge >= 0.3 is 0 Å². The van der Waals surface area contributed by atoms with E-state index in [-0.39, 0.29) is 12.4 Å². The normalized spacial score (nSPS) is 43.7. The average molecular weight is 307 g/mol. The summed E-state index contributed by atoms with van der Waals surface area (Å²) in [6, 6.07) is 0. The Morgan fingerprint density at radius 3 is 1.31 bits per heavy atom. The Morgan fingerprint density at radius 2 is 1.12 bits per heavy atom. The molecule has 0 atom stereocenters. The Morgan fingerprint density at radius 1 is 0.875 bits per heavy atom. The highest BCUT2D eigenvalue weighted by atomic mass is 35.6. The summed E-state index contributed by atoms with van der Waals surface area (Å²) in [6.45, 7) is 0. The summed E-state index contributed by atoms with van der Waals surface area (Å²) in [6.07, 6.45) is 8.57. The van der Waals surface area contributed by atoms with Gasteiger partial charge in [0.25, 0.3) is 0 Å². The van der Waals surface area contributed by atoms with Crippen LogP contribution in [0.5, 0.6) is 0 Å².